The molecule has 1 aromatic rings. The smallest absolute Gasteiger partial charge is 0.323 e. The van der Waals surface area contributed by atoms with E-state index in [1.54, 1.807) is 0 Å². The quantitative estimate of drug-likeness (QED) is 0.789. The van der Waals surface area contributed by atoms with Crippen molar-refractivity contribution in [2.45, 2.75) is 45.7 Å². The van der Waals surface area contributed by atoms with Crippen molar-refractivity contribution in [2.75, 3.05) is 13.2 Å². The molecule has 110 valence electrons. The normalized spacial score (nSPS) is 25.1. The second-order valence-electron chi connectivity index (χ2n) is 5.72. The Bertz CT molecular complexity index is 432. The van der Waals surface area contributed by atoms with Crippen LogP contribution in [0.2, 0.25) is 0 Å². The van der Waals surface area contributed by atoms with Crippen molar-refractivity contribution in [1.82, 2.24) is 4.90 Å². The topological polar surface area (TPSA) is 29.5 Å². The van der Waals surface area contributed by atoms with Crippen LogP contribution in [-0.4, -0.2) is 30.1 Å². The Kier molecular flexibility index (Phi) is 5.18. The second kappa shape index (κ2) is 6.89. The highest BCUT2D eigenvalue weighted by molar-refractivity contribution is 5.76. The Morgan fingerprint density at radius 1 is 1.40 bits per heavy atom. The Labute approximate surface area is 121 Å². The first kappa shape index (κ1) is 15.0. The lowest BCUT2D eigenvalue weighted by Crippen LogP contribution is -2.48. The minimum atomic E-state index is -0.103. The third-order valence-corrected chi connectivity index (χ3v) is 4.24. The van der Waals surface area contributed by atoms with Gasteiger partial charge < -0.3 is 4.74 Å². The Morgan fingerprint density at radius 3 is 2.75 bits per heavy atom. The Morgan fingerprint density at radius 2 is 2.10 bits per heavy atom. The summed E-state index contributed by atoms with van der Waals surface area (Å²) in [6.45, 7) is 7.68. The van der Waals surface area contributed by atoms with Gasteiger partial charge in [-0.1, -0.05) is 37.3 Å². The van der Waals surface area contributed by atoms with Crippen molar-refractivity contribution in [1.29, 1.82) is 0 Å². The van der Waals surface area contributed by atoms with Crippen LogP contribution in [-0.2, 0) is 9.53 Å². The summed E-state index contributed by atoms with van der Waals surface area (Å²) in [6.07, 6.45) is 2.04. The molecule has 0 amide bonds. The zero-order valence-electron chi connectivity index (χ0n) is 12.7. The summed E-state index contributed by atoms with van der Waals surface area (Å²) in [5.74, 6) is 0.519. The Hall–Kier alpha value is -1.35. The number of likely N-dealkylation sites (tertiary alicyclic amines) is 1. The fourth-order valence-electron chi connectivity index (χ4n) is 3.02. The van der Waals surface area contributed by atoms with E-state index >= 15 is 0 Å². The lowest BCUT2D eigenvalue weighted by molar-refractivity contribution is -0.153. The van der Waals surface area contributed by atoms with Crippen LogP contribution in [0, 0.1) is 5.92 Å². The molecule has 0 spiro atoms. The molecule has 1 unspecified atom stereocenters. The SMILES string of the molecule is CCOC(=O)[C@H]1C[C@H](C)CCN1C(C)c1ccccc1. The molecule has 2 rings (SSSR count). The molecule has 0 aromatic heterocycles. The number of benzene rings is 1. The predicted octanol–water partition coefficient (Wildman–Crippen LogP) is 3.41. The van der Waals surface area contributed by atoms with Crippen molar-refractivity contribution < 1.29 is 9.53 Å². The van der Waals surface area contributed by atoms with E-state index in [1.807, 2.05) is 13.0 Å². The standard InChI is InChI=1S/C17H25NO2/c1-4-20-17(19)16-12-13(2)10-11-18(16)14(3)15-8-6-5-7-9-15/h5-9,13-14,16H,4,10-12H2,1-3H3/t13-,14?,16-/m1/s1. The summed E-state index contributed by atoms with van der Waals surface area (Å²) in [7, 11) is 0. The summed E-state index contributed by atoms with van der Waals surface area (Å²) in [5, 5.41) is 0. The first-order valence-corrected chi connectivity index (χ1v) is 7.60. The number of rotatable bonds is 4. The number of carbonyl (C=O) groups excluding carboxylic acids is 1. The van der Waals surface area contributed by atoms with Crippen molar-refractivity contribution >= 4 is 5.97 Å². The lowest BCUT2D eigenvalue weighted by atomic mass is 9.90. The number of hydrogen-bond donors (Lipinski definition) is 0. The van der Waals surface area contributed by atoms with E-state index in [-0.39, 0.29) is 18.1 Å². The number of ether oxygens (including phenoxy) is 1. The highest BCUT2D eigenvalue weighted by Gasteiger charge is 2.35. The fraction of sp³-hybridized carbons (Fsp3) is 0.588. The van der Waals surface area contributed by atoms with Crippen molar-refractivity contribution in [3.8, 4) is 0 Å². The van der Waals surface area contributed by atoms with Gasteiger partial charge in [0.25, 0.3) is 0 Å². The molecule has 1 heterocycles. The first-order valence-electron chi connectivity index (χ1n) is 7.60. The zero-order chi connectivity index (χ0) is 14.5. The highest BCUT2D eigenvalue weighted by atomic mass is 16.5. The van der Waals surface area contributed by atoms with Crippen LogP contribution < -0.4 is 0 Å². The molecule has 0 saturated carbocycles. The minimum absolute atomic E-state index is 0.0677. The number of hydrogen-bond acceptors (Lipinski definition) is 3. The van der Waals surface area contributed by atoms with Gasteiger partial charge in [0.2, 0.25) is 0 Å². The molecule has 0 aliphatic carbocycles. The van der Waals surface area contributed by atoms with Crippen molar-refractivity contribution in [3.63, 3.8) is 0 Å². The molecule has 3 nitrogen and oxygen atoms in total. The molecule has 3 atom stereocenters. The molecule has 1 saturated heterocycles. The predicted molar refractivity (Wildman–Crippen MR) is 80.4 cm³/mol. The van der Waals surface area contributed by atoms with Gasteiger partial charge in [-0.25, -0.2) is 0 Å². The van der Waals surface area contributed by atoms with Crippen molar-refractivity contribution in [2.24, 2.45) is 5.92 Å². The number of carbonyl (C=O) groups is 1. The maximum atomic E-state index is 12.2. The molecule has 0 bridgehead atoms. The van der Waals surface area contributed by atoms with E-state index in [4.69, 9.17) is 4.74 Å². The zero-order valence-corrected chi connectivity index (χ0v) is 12.7. The summed E-state index contributed by atoms with van der Waals surface area (Å²) in [5.41, 5.74) is 1.26. The average Bonchev–Trinajstić information content (AvgIpc) is 2.47. The van der Waals surface area contributed by atoms with Gasteiger partial charge in [0.1, 0.15) is 6.04 Å². The van der Waals surface area contributed by atoms with Crippen LogP contribution in [0.4, 0.5) is 0 Å². The van der Waals surface area contributed by atoms with E-state index in [0.29, 0.717) is 12.5 Å². The highest BCUT2D eigenvalue weighted by Crippen LogP contribution is 2.31. The van der Waals surface area contributed by atoms with E-state index in [1.165, 1.54) is 5.56 Å². The Balaban J connectivity index is 2.16. The van der Waals surface area contributed by atoms with Gasteiger partial charge in [-0.3, -0.25) is 9.69 Å². The van der Waals surface area contributed by atoms with Crippen LogP contribution in [0.25, 0.3) is 0 Å². The van der Waals surface area contributed by atoms with E-state index in [9.17, 15) is 4.79 Å². The van der Waals surface area contributed by atoms with Gasteiger partial charge in [-0.05, 0) is 44.7 Å². The molecule has 3 heteroatoms. The largest absolute Gasteiger partial charge is 0.465 e. The maximum absolute atomic E-state index is 12.2. The molecule has 20 heavy (non-hydrogen) atoms. The maximum Gasteiger partial charge on any atom is 0.323 e. The monoisotopic (exact) mass is 275 g/mol. The summed E-state index contributed by atoms with van der Waals surface area (Å²) in [4.78, 5) is 14.5. The van der Waals surface area contributed by atoms with Crippen LogP contribution in [0.5, 0.6) is 0 Å². The minimum Gasteiger partial charge on any atom is -0.465 e. The van der Waals surface area contributed by atoms with Crippen LogP contribution in [0.3, 0.4) is 0 Å². The van der Waals surface area contributed by atoms with Gasteiger partial charge in [-0.15, -0.1) is 0 Å². The number of esters is 1. The summed E-state index contributed by atoms with van der Waals surface area (Å²) >= 11 is 0. The van der Waals surface area contributed by atoms with Gasteiger partial charge in [0.15, 0.2) is 0 Å². The molecule has 1 aliphatic rings. The van der Waals surface area contributed by atoms with E-state index in [2.05, 4.69) is 43.0 Å². The number of nitrogens with zero attached hydrogens (tertiary/aromatic N) is 1. The van der Waals surface area contributed by atoms with E-state index < -0.39 is 0 Å². The lowest BCUT2D eigenvalue weighted by Gasteiger charge is -2.40. The molecule has 1 fully saturated rings. The first-order chi connectivity index (χ1) is 9.63. The van der Waals surface area contributed by atoms with Crippen LogP contribution in [0.1, 0.15) is 45.2 Å². The van der Waals surface area contributed by atoms with Gasteiger partial charge in [0, 0.05) is 6.04 Å². The van der Waals surface area contributed by atoms with Crippen LogP contribution >= 0.6 is 0 Å². The summed E-state index contributed by atoms with van der Waals surface area (Å²) in [6, 6.07) is 10.5. The molecule has 1 aromatic carbocycles. The molecule has 1 aliphatic heterocycles. The summed E-state index contributed by atoms with van der Waals surface area (Å²) < 4.78 is 5.27. The third-order valence-electron chi connectivity index (χ3n) is 4.24. The molecular weight excluding hydrogens is 250 g/mol. The number of piperidine rings is 1. The average molecular weight is 275 g/mol. The van der Waals surface area contributed by atoms with Crippen LogP contribution in [0.15, 0.2) is 30.3 Å². The molecule has 0 radical (unpaired) electrons. The molecule has 0 N–H and O–H groups in total. The van der Waals surface area contributed by atoms with Gasteiger partial charge in [-0.2, -0.15) is 0 Å². The van der Waals surface area contributed by atoms with Gasteiger partial charge in [0.05, 0.1) is 6.61 Å². The fourth-order valence-corrected chi connectivity index (χ4v) is 3.02. The van der Waals surface area contributed by atoms with Gasteiger partial charge >= 0.3 is 5.97 Å². The molecular formula is C17H25NO2. The van der Waals surface area contributed by atoms with E-state index in [0.717, 1.165) is 19.4 Å². The van der Waals surface area contributed by atoms with Crippen molar-refractivity contribution in [3.05, 3.63) is 35.9 Å². The third kappa shape index (κ3) is 3.40. The second-order valence-corrected chi connectivity index (χ2v) is 5.72.